The van der Waals surface area contributed by atoms with E-state index < -0.39 is 11.7 Å². The van der Waals surface area contributed by atoms with Gasteiger partial charge >= 0.3 is 6.18 Å². The summed E-state index contributed by atoms with van der Waals surface area (Å²) in [6, 6.07) is 4.94. The fourth-order valence-electron chi connectivity index (χ4n) is 2.40. The van der Waals surface area contributed by atoms with Crippen LogP contribution >= 0.6 is 0 Å². The molecule has 0 spiro atoms. The Morgan fingerprint density at radius 2 is 1.70 bits per heavy atom. The maximum absolute atomic E-state index is 12.5. The fourth-order valence-corrected chi connectivity index (χ4v) is 2.40. The molecule has 124 valence electrons. The van der Waals surface area contributed by atoms with Crippen molar-refractivity contribution in [1.29, 1.82) is 0 Å². The average Bonchev–Trinajstić information content (AvgIpc) is 2.71. The first-order valence-corrected chi connectivity index (χ1v) is 7.21. The molecule has 1 aromatic carbocycles. The molecule has 0 fully saturated rings. The molecule has 0 aliphatic heterocycles. The van der Waals surface area contributed by atoms with Gasteiger partial charge in [0.2, 0.25) is 0 Å². The Hall–Kier alpha value is -2.24. The largest absolute Gasteiger partial charge is 0.466 e. The monoisotopic (exact) mass is 325 g/mol. The number of hydrogen-bond donors (Lipinski definition) is 1. The third-order valence-corrected chi connectivity index (χ3v) is 3.77. The van der Waals surface area contributed by atoms with Crippen molar-refractivity contribution in [3.8, 4) is 0 Å². The summed E-state index contributed by atoms with van der Waals surface area (Å²) in [5, 5.41) is 2.77. The number of halogens is 3. The minimum Gasteiger partial charge on any atom is -0.466 e. The molecule has 6 heteroatoms. The molecule has 0 atom stereocenters. The maximum atomic E-state index is 12.5. The Kier molecular flexibility index (Phi) is 4.82. The molecule has 1 amide bonds. The predicted molar refractivity (Wildman–Crippen MR) is 80.4 cm³/mol. The Morgan fingerprint density at radius 3 is 2.17 bits per heavy atom. The van der Waals surface area contributed by atoms with Gasteiger partial charge in [-0.2, -0.15) is 13.2 Å². The minimum atomic E-state index is -4.33. The zero-order chi connectivity index (χ0) is 17.2. The smallest absolute Gasteiger partial charge is 0.416 e. The molecule has 1 aromatic heterocycles. The van der Waals surface area contributed by atoms with Crippen LogP contribution in [0.5, 0.6) is 0 Å². The maximum Gasteiger partial charge on any atom is 0.416 e. The standard InChI is InChI=1S/C17H18F3NO2/c1-10-11(2)23-12(3)15(10)16(22)21-9-8-13-4-6-14(7-5-13)17(18,19)20/h4-7H,8-9H2,1-3H3,(H,21,22). The van der Waals surface area contributed by atoms with Gasteiger partial charge in [0, 0.05) is 12.1 Å². The topological polar surface area (TPSA) is 42.2 Å². The van der Waals surface area contributed by atoms with Crippen LogP contribution in [0, 0.1) is 20.8 Å². The van der Waals surface area contributed by atoms with Gasteiger partial charge in [-0.15, -0.1) is 0 Å². The minimum absolute atomic E-state index is 0.233. The Morgan fingerprint density at radius 1 is 1.09 bits per heavy atom. The van der Waals surface area contributed by atoms with E-state index in [2.05, 4.69) is 5.32 Å². The van der Waals surface area contributed by atoms with E-state index in [1.165, 1.54) is 12.1 Å². The molecule has 1 heterocycles. The van der Waals surface area contributed by atoms with Crippen molar-refractivity contribution in [2.45, 2.75) is 33.4 Å². The summed E-state index contributed by atoms with van der Waals surface area (Å²) in [6.45, 7) is 5.68. The number of amides is 1. The summed E-state index contributed by atoms with van der Waals surface area (Å²) in [6.07, 6.45) is -3.88. The molecule has 0 unspecified atom stereocenters. The number of nitrogens with one attached hydrogen (secondary N) is 1. The first-order valence-electron chi connectivity index (χ1n) is 7.21. The third kappa shape index (κ3) is 3.94. The number of carbonyl (C=O) groups is 1. The molecule has 0 bridgehead atoms. The summed E-state index contributed by atoms with van der Waals surface area (Å²) in [5.74, 6) is 1.03. The molecular weight excluding hydrogens is 307 g/mol. The van der Waals surface area contributed by atoms with Gasteiger partial charge in [-0.1, -0.05) is 12.1 Å². The van der Waals surface area contributed by atoms with E-state index in [4.69, 9.17) is 4.42 Å². The van der Waals surface area contributed by atoms with Crippen LogP contribution in [0.1, 0.15) is 38.6 Å². The molecule has 0 radical (unpaired) electrons. The quantitative estimate of drug-likeness (QED) is 0.915. The molecule has 3 nitrogen and oxygen atoms in total. The molecule has 0 saturated carbocycles. The first kappa shape index (κ1) is 17.1. The van der Waals surface area contributed by atoms with Crippen molar-refractivity contribution < 1.29 is 22.4 Å². The number of aryl methyl sites for hydroxylation is 2. The van der Waals surface area contributed by atoms with Crippen LogP contribution in [-0.2, 0) is 12.6 Å². The van der Waals surface area contributed by atoms with Crippen LogP contribution in [0.4, 0.5) is 13.2 Å². The highest BCUT2D eigenvalue weighted by Crippen LogP contribution is 2.29. The molecular formula is C17H18F3NO2. The van der Waals surface area contributed by atoms with Crippen molar-refractivity contribution in [3.05, 3.63) is 58.0 Å². The summed E-state index contributed by atoms with van der Waals surface area (Å²) in [7, 11) is 0. The van der Waals surface area contributed by atoms with Crippen molar-refractivity contribution in [2.75, 3.05) is 6.54 Å². The number of furan rings is 1. The van der Waals surface area contributed by atoms with Crippen LogP contribution in [0.15, 0.2) is 28.7 Å². The van der Waals surface area contributed by atoms with E-state index in [0.29, 0.717) is 30.0 Å². The average molecular weight is 325 g/mol. The van der Waals surface area contributed by atoms with E-state index in [9.17, 15) is 18.0 Å². The molecule has 0 saturated heterocycles. The number of alkyl halides is 3. The van der Waals surface area contributed by atoms with Crippen LogP contribution in [0.3, 0.4) is 0 Å². The molecule has 2 aromatic rings. The van der Waals surface area contributed by atoms with Gasteiger partial charge in [-0.05, 0) is 44.9 Å². The second kappa shape index (κ2) is 6.48. The number of carbonyl (C=O) groups excluding carboxylic acids is 1. The lowest BCUT2D eigenvalue weighted by atomic mass is 10.1. The second-order valence-corrected chi connectivity index (χ2v) is 5.42. The van der Waals surface area contributed by atoms with E-state index >= 15 is 0 Å². The second-order valence-electron chi connectivity index (χ2n) is 5.42. The third-order valence-electron chi connectivity index (χ3n) is 3.77. The Balaban J connectivity index is 1.93. The zero-order valence-corrected chi connectivity index (χ0v) is 13.2. The van der Waals surface area contributed by atoms with Gasteiger partial charge in [0.25, 0.3) is 5.91 Å². The van der Waals surface area contributed by atoms with Gasteiger partial charge in [0.15, 0.2) is 0 Å². The van der Waals surface area contributed by atoms with Gasteiger partial charge in [0.1, 0.15) is 11.5 Å². The van der Waals surface area contributed by atoms with E-state index in [-0.39, 0.29) is 5.91 Å². The number of hydrogen-bond acceptors (Lipinski definition) is 2. The molecule has 0 aliphatic rings. The SMILES string of the molecule is Cc1oc(C)c(C(=O)NCCc2ccc(C(F)(F)F)cc2)c1C. The molecule has 0 aliphatic carbocycles. The highest BCUT2D eigenvalue weighted by Gasteiger charge is 2.29. The van der Waals surface area contributed by atoms with Gasteiger partial charge in [-0.3, -0.25) is 4.79 Å². The lowest BCUT2D eigenvalue weighted by Gasteiger charge is -2.08. The highest BCUT2D eigenvalue weighted by molar-refractivity contribution is 5.96. The number of benzene rings is 1. The summed E-state index contributed by atoms with van der Waals surface area (Å²) in [5.41, 5.74) is 1.38. The highest BCUT2D eigenvalue weighted by atomic mass is 19.4. The van der Waals surface area contributed by atoms with Gasteiger partial charge in [-0.25, -0.2) is 0 Å². The van der Waals surface area contributed by atoms with Crippen molar-refractivity contribution in [3.63, 3.8) is 0 Å². The van der Waals surface area contributed by atoms with Crippen LogP contribution in [0.25, 0.3) is 0 Å². The van der Waals surface area contributed by atoms with Gasteiger partial charge < -0.3 is 9.73 Å². The lowest BCUT2D eigenvalue weighted by Crippen LogP contribution is -2.26. The summed E-state index contributed by atoms with van der Waals surface area (Å²) < 4.78 is 42.8. The molecule has 2 rings (SSSR count). The van der Waals surface area contributed by atoms with E-state index in [1.807, 2.05) is 6.92 Å². The van der Waals surface area contributed by atoms with Crippen molar-refractivity contribution in [2.24, 2.45) is 0 Å². The lowest BCUT2D eigenvalue weighted by molar-refractivity contribution is -0.137. The van der Waals surface area contributed by atoms with Crippen LogP contribution in [0.2, 0.25) is 0 Å². The number of rotatable bonds is 4. The van der Waals surface area contributed by atoms with Gasteiger partial charge in [0.05, 0.1) is 11.1 Å². The Labute approximate surface area is 132 Å². The summed E-state index contributed by atoms with van der Waals surface area (Å²) >= 11 is 0. The van der Waals surface area contributed by atoms with Crippen LogP contribution < -0.4 is 5.32 Å². The Bertz CT molecular complexity index is 700. The van der Waals surface area contributed by atoms with E-state index in [0.717, 1.165) is 23.3 Å². The van der Waals surface area contributed by atoms with E-state index in [1.54, 1.807) is 13.8 Å². The zero-order valence-electron chi connectivity index (χ0n) is 13.2. The fraction of sp³-hybridized carbons (Fsp3) is 0.353. The summed E-state index contributed by atoms with van der Waals surface area (Å²) in [4.78, 5) is 12.2. The normalized spacial score (nSPS) is 11.6. The van der Waals surface area contributed by atoms with Crippen LogP contribution in [-0.4, -0.2) is 12.5 Å². The molecule has 23 heavy (non-hydrogen) atoms. The first-order chi connectivity index (χ1) is 10.7. The van der Waals surface area contributed by atoms with Crippen molar-refractivity contribution in [1.82, 2.24) is 5.32 Å². The predicted octanol–water partition coefficient (Wildman–Crippen LogP) is 4.20. The molecule has 1 N–H and O–H groups in total. The van der Waals surface area contributed by atoms with Crippen molar-refractivity contribution >= 4 is 5.91 Å².